The number of carbonyl (C=O) groups excluding carboxylic acids is 1. The summed E-state index contributed by atoms with van der Waals surface area (Å²) in [6, 6.07) is 0. The van der Waals surface area contributed by atoms with E-state index in [9.17, 15) is 9.59 Å². The summed E-state index contributed by atoms with van der Waals surface area (Å²) >= 11 is 0. The van der Waals surface area contributed by atoms with Crippen molar-refractivity contribution in [2.24, 2.45) is 5.41 Å². The van der Waals surface area contributed by atoms with E-state index in [-0.39, 0.29) is 18.1 Å². The molecule has 2 fully saturated rings. The number of carboxylic acids is 1. The van der Waals surface area contributed by atoms with E-state index in [1.165, 1.54) is 0 Å². The van der Waals surface area contributed by atoms with Crippen LogP contribution in [0.25, 0.3) is 0 Å². The molecule has 0 aromatic rings. The molecule has 0 radical (unpaired) electrons. The minimum atomic E-state index is -0.773. The van der Waals surface area contributed by atoms with E-state index in [1.807, 2.05) is 25.7 Å². The lowest BCUT2D eigenvalue weighted by atomic mass is 9.72. The van der Waals surface area contributed by atoms with Gasteiger partial charge in [-0.2, -0.15) is 0 Å². The smallest absolute Gasteiger partial charge is 0.410 e. The van der Waals surface area contributed by atoms with Gasteiger partial charge in [0.25, 0.3) is 0 Å². The first kappa shape index (κ1) is 15.1. The van der Waals surface area contributed by atoms with Crippen LogP contribution >= 0.6 is 0 Å². The summed E-state index contributed by atoms with van der Waals surface area (Å²) in [5.41, 5.74) is -0.267. The highest BCUT2D eigenvalue weighted by atomic mass is 16.6. The van der Waals surface area contributed by atoms with Gasteiger partial charge in [-0.1, -0.05) is 0 Å². The van der Waals surface area contributed by atoms with Crippen LogP contribution in [0.3, 0.4) is 0 Å². The number of aliphatic carboxylic acids is 1. The molecule has 0 aromatic carbocycles. The maximum Gasteiger partial charge on any atom is 0.410 e. The minimum absolute atomic E-state index is 0.117. The SMILES string of the molecule is CC(C)(C)OC(=O)N1CC2(CCN(CC(=O)O)CC2)C1. The third-order valence-electron chi connectivity index (χ3n) is 3.98. The largest absolute Gasteiger partial charge is 0.480 e. The Hall–Kier alpha value is -1.30. The lowest BCUT2D eigenvalue weighted by Gasteiger charge is -2.53. The predicted octanol–water partition coefficient (Wildman–Crippen LogP) is 1.40. The van der Waals surface area contributed by atoms with Crippen LogP contribution < -0.4 is 0 Å². The van der Waals surface area contributed by atoms with Crippen molar-refractivity contribution < 1.29 is 19.4 Å². The maximum atomic E-state index is 11.9. The van der Waals surface area contributed by atoms with Gasteiger partial charge >= 0.3 is 12.1 Å². The van der Waals surface area contributed by atoms with Crippen molar-refractivity contribution in [1.29, 1.82) is 0 Å². The Morgan fingerprint density at radius 1 is 1.20 bits per heavy atom. The molecule has 2 aliphatic heterocycles. The molecule has 2 rings (SSSR count). The van der Waals surface area contributed by atoms with Gasteiger partial charge in [-0.05, 0) is 46.7 Å². The Labute approximate surface area is 119 Å². The van der Waals surface area contributed by atoms with E-state index in [2.05, 4.69) is 0 Å². The summed E-state index contributed by atoms with van der Waals surface area (Å²) in [7, 11) is 0. The molecule has 2 heterocycles. The van der Waals surface area contributed by atoms with Gasteiger partial charge < -0.3 is 14.7 Å². The van der Waals surface area contributed by atoms with Crippen LogP contribution in [-0.4, -0.2) is 65.3 Å². The molecule has 1 N–H and O–H groups in total. The molecule has 2 aliphatic rings. The number of piperidine rings is 1. The van der Waals surface area contributed by atoms with Gasteiger partial charge in [0, 0.05) is 18.5 Å². The van der Waals surface area contributed by atoms with Crippen LogP contribution in [0, 0.1) is 5.41 Å². The summed E-state index contributed by atoms with van der Waals surface area (Å²) < 4.78 is 5.35. The molecule has 0 unspecified atom stereocenters. The highest BCUT2D eigenvalue weighted by molar-refractivity contribution is 5.70. The zero-order valence-electron chi connectivity index (χ0n) is 12.5. The van der Waals surface area contributed by atoms with Crippen molar-refractivity contribution in [3.63, 3.8) is 0 Å². The second kappa shape index (κ2) is 5.24. The lowest BCUT2D eigenvalue weighted by Crippen LogP contribution is -2.62. The maximum absolute atomic E-state index is 11.9. The number of likely N-dealkylation sites (tertiary alicyclic amines) is 2. The number of carbonyl (C=O) groups is 2. The van der Waals surface area contributed by atoms with Crippen molar-refractivity contribution in [2.75, 3.05) is 32.7 Å². The second-order valence-electron chi connectivity index (χ2n) is 7.01. The zero-order valence-corrected chi connectivity index (χ0v) is 12.5. The number of amides is 1. The average Bonchev–Trinajstić information content (AvgIpc) is 2.24. The molecular weight excluding hydrogens is 260 g/mol. The number of carboxylic acid groups (broad SMARTS) is 1. The fraction of sp³-hybridized carbons (Fsp3) is 0.857. The molecular formula is C14H24N2O4. The lowest BCUT2D eigenvalue weighted by molar-refractivity contribution is -0.139. The van der Waals surface area contributed by atoms with Crippen LogP contribution in [0.1, 0.15) is 33.6 Å². The van der Waals surface area contributed by atoms with E-state index in [1.54, 1.807) is 4.90 Å². The van der Waals surface area contributed by atoms with Gasteiger partial charge in [0.05, 0.1) is 6.54 Å². The van der Waals surface area contributed by atoms with E-state index in [0.717, 1.165) is 39.0 Å². The summed E-state index contributed by atoms with van der Waals surface area (Å²) in [4.78, 5) is 26.3. The Morgan fingerprint density at radius 2 is 1.75 bits per heavy atom. The van der Waals surface area contributed by atoms with Gasteiger partial charge in [0.15, 0.2) is 0 Å². The molecule has 0 saturated carbocycles. The Balaban J connectivity index is 1.76. The van der Waals surface area contributed by atoms with Crippen molar-refractivity contribution in [3.05, 3.63) is 0 Å². The molecule has 20 heavy (non-hydrogen) atoms. The first-order valence-electron chi connectivity index (χ1n) is 7.11. The zero-order chi connectivity index (χ0) is 15.0. The first-order chi connectivity index (χ1) is 9.19. The number of rotatable bonds is 2. The van der Waals surface area contributed by atoms with Crippen LogP contribution in [0.15, 0.2) is 0 Å². The van der Waals surface area contributed by atoms with Crippen LogP contribution in [0.4, 0.5) is 4.79 Å². The number of nitrogens with zero attached hydrogens (tertiary/aromatic N) is 2. The third kappa shape index (κ3) is 3.62. The van der Waals surface area contributed by atoms with Crippen molar-refractivity contribution in [3.8, 4) is 0 Å². The standard InChI is InChI=1S/C14H24N2O4/c1-13(2,3)20-12(19)16-9-14(10-16)4-6-15(7-5-14)8-11(17)18/h4-10H2,1-3H3,(H,17,18). The number of hydrogen-bond acceptors (Lipinski definition) is 4. The monoisotopic (exact) mass is 284 g/mol. The summed E-state index contributed by atoms with van der Waals surface area (Å²) in [5.74, 6) is -0.773. The Bertz CT molecular complexity index is 386. The summed E-state index contributed by atoms with van der Waals surface area (Å²) in [6.45, 7) is 8.79. The van der Waals surface area contributed by atoms with Crippen LogP contribution in [0.5, 0.6) is 0 Å². The van der Waals surface area contributed by atoms with Crippen LogP contribution in [0.2, 0.25) is 0 Å². The molecule has 1 amide bonds. The van der Waals surface area contributed by atoms with Gasteiger partial charge in [0.1, 0.15) is 5.60 Å². The highest BCUT2D eigenvalue weighted by Gasteiger charge is 2.47. The Morgan fingerprint density at radius 3 is 2.20 bits per heavy atom. The third-order valence-corrected chi connectivity index (χ3v) is 3.98. The normalized spacial score (nSPS) is 22.4. The molecule has 6 heteroatoms. The average molecular weight is 284 g/mol. The van der Waals surface area contributed by atoms with E-state index >= 15 is 0 Å². The number of hydrogen-bond donors (Lipinski definition) is 1. The first-order valence-corrected chi connectivity index (χ1v) is 7.11. The summed E-state index contributed by atoms with van der Waals surface area (Å²) in [5, 5.41) is 8.78. The fourth-order valence-corrected chi connectivity index (χ4v) is 2.91. The van der Waals surface area contributed by atoms with E-state index < -0.39 is 11.6 Å². The van der Waals surface area contributed by atoms with Gasteiger partial charge in [-0.3, -0.25) is 9.69 Å². The van der Waals surface area contributed by atoms with Crippen LogP contribution in [-0.2, 0) is 9.53 Å². The highest BCUT2D eigenvalue weighted by Crippen LogP contribution is 2.40. The molecule has 0 aliphatic carbocycles. The van der Waals surface area contributed by atoms with E-state index in [4.69, 9.17) is 9.84 Å². The topological polar surface area (TPSA) is 70.1 Å². The molecule has 114 valence electrons. The molecule has 6 nitrogen and oxygen atoms in total. The quantitative estimate of drug-likeness (QED) is 0.830. The van der Waals surface area contributed by atoms with Gasteiger partial charge in [-0.15, -0.1) is 0 Å². The molecule has 1 spiro atoms. The fourth-order valence-electron chi connectivity index (χ4n) is 2.91. The van der Waals surface area contributed by atoms with Crippen molar-refractivity contribution >= 4 is 12.1 Å². The molecule has 2 saturated heterocycles. The summed E-state index contributed by atoms with van der Waals surface area (Å²) in [6.07, 6.45) is 1.68. The van der Waals surface area contributed by atoms with Crippen molar-refractivity contribution in [1.82, 2.24) is 9.80 Å². The van der Waals surface area contributed by atoms with Gasteiger partial charge in [0.2, 0.25) is 0 Å². The molecule has 0 bridgehead atoms. The second-order valence-corrected chi connectivity index (χ2v) is 7.01. The predicted molar refractivity (Wildman–Crippen MR) is 73.5 cm³/mol. The minimum Gasteiger partial charge on any atom is -0.480 e. The van der Waals surface area contributed by atoms with Crippen molar-refractivity contribution in [2.45, 2.75) is 39.2 Å². The molecule has 0 atom stereocenters. The molecule has 0 aromatic heterocycles. The van der Waals surface area contributed by atoms with Gasteiger partial charge in [-0.25, -0.2) is 4.79 Å². The van der Waals surface area contributed by atoms with E-state index in [0.29, 0.717) is 0 Å². The Kier molecular flexibility index (Phi) is 3.95. The number of ether oxygens (including phenoxy) is 1.